The molecule has 0 bridgehead atoms. The molecule has 1 aliphatic carbocycles. The van der Waals surface area contributed by atoms with Crippen molar-refractivity contribution in [3.63, 3.8) is 0 Å². The van der Waals surface area contributed by atoms with E-state index in [1.54, 1.807) is 4.90 Å². The van der Waals surface area contributed by atoms with Crippen LogP contribution in [0.2, 0.25) is 0 Å². The Morgan fingerprint density at radius 1 is 0.939 bits per heavy atom. The molecule has 1 aromatic carbocycles. The number of aromatic nitrogens is 2. The molecule has 2 aromatic rings. The van der Waals surface area contributed by atoms with Gasteiger partial charge in [-0.25, -0.2) is 4.39 Å². The van der Waals surface area contributed by atoms with Crippen LogP contribution in [-0.2, 0) is 4.79 Å². The molecule has 8 nitrogen and oxygen atoms in total. The molecular weight excluding hydrogens is 445 g/mol. The van der Waals surface area contributed by atoms with E-state index in [0.717, 1.165) is 49.9 Å². The first-order valence-electron chi connectivity index (χ1n) is 11.5. The van der Waals surface area contributed by atoms with Gasteiger partial charge in [0.05, 0.1) is 5.92 Å². The highest BCUT2D eigenvalue weighted by Gasteiger charge is 2.31. The lowest BCUT2D eigenvalue weighted by atomic mass is 9.96. The number of nitrogens with one attached hydrogen (secondary N) is 2. The summed E-state index contributed by atoms with van der Waals surface area (Å²) in [6.07, 6.45) is 8.29. The molecule has 0 radical (unpaired) electrons. The number of hydrogen-bond acceptors (Lipinski definition) is 6. The molecule has 1 atom stereocenters. The van der Waals surface area contributed by atoms with Crippen LogP contribution in [0.1, 0.15) is 71.0 Å². The fourth-order valence-electron chi connectivity index (χ4n) is 4.37. The summed E-state index contributed by atoms with van der Waals surface area (Å²) in [6, 6.07) is 5.59. The zero-order valence-electron chi connectivity index (χ0n) is 18.4. The minimum Gasteiger partial charge on any atom is -0.353 e. The van der Waals surface area contributed by atoms with Gasteiger partial charge in [-0.3, -0.25) is 14.4 Å². The summed E-state index contributed by atoms with van der Waals surface area (Å²) in [6.45, 7) is 0.886. The average Bonchev–Trinajstić information content (AvgIpc) is 3.19. The van der Waals surface area contributed by atoms with Crippen molar-refractivity contribution in [1.29, 1.82) is 0 Å². The van der Waals surface area contributed by atoms with E-state index in [9.17, 15) is 18.8 Å². The van der Waals surface area contributed by atoms with Gasteiger partial charge in [0, 0.05) is 24.8 Å². The van der Waals surface area contributed by atoms with E-state index in [4.69, 9.17) is 0 Å². The first-order chi connectivity index (χ1) is 16.0. The normalized spacial score (nSPS) is 19.5. The second-order valence-electron chi connectivity index (χ2n) is 8.66. The van der Waals surface area contributed by atoms with E-state index in [1.165, 1.54) is 37.1 Å². The number of piperidine rings is 1. The molecule has 1 aliphatic heterocycles. The van der Waals surface area contributed by atoms with Crippen LogP contribution in [0, 0.1) is 11.7 Å². The lowest BCUT2D eigenvalue weighted by Gasteiger charge is -2.32. The standard InChI is InChI=1S/C23H28FN5O3S/c24-16-9-11-18(12-10-16)26-20(31)21-27-28-22(33-21)23(32)29-13-5-6-15(14-29)19(30)25-17-7-3-1-2-4-8-17/h9-12,15,17H,1-8,13-14H2,(H,25,30)(H,26,31)/t15-/m1/s1. The lowest BCUT2D eigenvalue weighted by molar-refractivity contribution is -0.127. The molecule has 3 amide bonds. The van der Waals surface area contributed by atoms with E-state index in [1.807, 2.05) is 0 Å². The van der Waals surface area contributed by atoms with Crippen LogP contribution in [0.25, 0.3) is 0 Å². The van der Waals surface area contributed by atoms with Crippen LogP contribution >= 0.6 is 11.3 Å². The van der Waals surface area contributed by atoms with E-state index >= 15 is 0 Å². The van der Waals surface area contributed by atoms with Crippen LogP contribution in [0.15, 0.2) is 24.3 Å². The van der Waals surface area contributed by atoms with Gasteiger partial charge in [0.25, 0.3) is 11.8 Å². The van der Waals surface area contributed by atoms with Gasteiger partial charge in [-0.05, 0) is 49.9 Å². The van der Waals surface area contributed by atoms with Crippen LogP contribution in [0.5, 0.6) is 0 Å². The Kier molecular flexibility index (Phi) is 7.64. The summed E-state index contributed by atoms with van der Waals surface area (Å²) in [4.78, 5) is 39.8. The summed E-state index contributed by atoms with van der Waals surface area (Å²) < 4.78 is 13.0. The predicted octanol–water partition coefficient (Wildman–Crippen LogP) is 3.62. The third-order valence-electron chi connectivity index (χ3n) is 6.19. The Morgan fingerprint density at radius 3 is 2.36 bits per heavy atom. The molecular formula is C23H28FN5O3S. The Balaban J connectivity index is 1.33. The highest BCUT2D eigenvalue weighted by molar-refractivity contribution is 7.15. The molecule has 10 heteroatoms. The maximum Gasteiger partial charge on any atom is 0.286 e. The Bertz CT molecular complexity index is 988. The average molecular weight is 474 g/mol. The highest BCUT2D eigenvalue weighted by atomic mass is 32.1. The van der Waals surface area contributed by atoms with Gasteiger partial charge in [-0.15, -0.1) is 10.2 Å². The summed E-state index contributed by atoms with van der Waals surface area (Å²) in [7, 11) is 0. The van der Waals surface area contributed by atoms with Gasteiger partial charge in [0.2, 0.25) is 15.9 Å². The number of rotatable bonds is 5. The number of amides is 3. The summed E-state index contributed by atoms with van der Waals surface area (Å²) >= 11 is 0.905. The maximum absolute atomic E-state index is 13.0. The Hall–Kier alpha value is -2.88. The summed E-state index contributed by atoms with van der Waals surface area (Å²) in [5.74, 6) is -1.45. The zero-order chi connectivity index (χ0) is 23.2. The van der Waals surface area contributed by atoms with Gasteiger partial charge in [0.1, 0.15) is 5.82 Å². The van der Waals surface area contributed by atoms with Gasteiger partial charge < -0.3 is 15.5 Å². The van der Waals surface area contributed by atoms with Crippen LogP contribution < -0.4 is 10.6 Å². The van der Waals surface area contributed by atoms with E-state index in [2.05, 4.69) is 20.8 Å². The quantitative estimate of drug-likeness (QED) is 0.646. The zero-order valence-corrected chi connectivity index (χ0v) is 19.2. The fourth-order valence-corrected chi connectivity index (χ4v) is 5.08. The number of carbonyl (C=O) groups excluding carboxylic acids is 3. The predicted molar refractivity (Wildman–Crippen MR) is 123 cm³/mol. The van der Waals surface area contributed by atoms with Crippen molar-refractivity contribution in [2.24, 2.45) is 5.92 Å². The number of anilines is 1. The molecule has 4 rings (SSSR count). The van der Waals surface area contributed by atoms with Crippen molar-refractivity contribution in [1.82, 2.24) is 20.4 Å². The molecule has 33 heavy (non-hydrogen) atoms. The third-order valence-corrected chi connectivity index (χ3v) is 7.10. The van der Waals surface area contributed by atoms with Gasteiger partial charge in [-0.2, -0.15) is 0 Å². The van der Waals surface area contributed by atoms with Crippen molar-refractivity contribution in [3.05, 3.63) is 40.1 Å². The maximum atomic E-state index is 13.0. The minimum absolute atomic E-state index is 0.0241. The smallest absolute Gasteiger partial charge is 0.286 e. The summed E-state index contributed by atoms with van der Waals surface area (Å²) in [5.41, 5.74) is 0.419. The molecule has 0 spiro atoms. The molecule has 2 aliphatic rings. The third kappa shape index (κ3) is 6.13. The SMILES string of the molecule is O=C(Nc1ccc(F)cc1)c1nnc(C(=O)N2CCC[C@@H](C(=O)NC3CCCCCC3)C2)s1. The molecule has 2 N–H and O–H groups in total. The number of likely N-dealkylation sites (tertiary alicyclic amines) is 1. The van der Waals surface area contributed by atoms with Crippen LogP contribution in [-0.4, -0.2) is 52.0 Å². The van der Waals surface area contributed by atoms with Crippen molar-refractivity contribution in [2.45, 2.75) is 57.4 Å². The minimum atomic E-state index is -0.516. The second-order valence-corrected chi connectivity index (χ2v) is 9.64. The number of carbonyl (C=O) groups is 3. The van der Waals surface area contributed by atoms with E-state index in [0.29, 0.717) is 18.8 Å². The lowest BCUT2D eigenvalue weighted by Crippen LogP contribution is -2.47. The van der Waals surface area contributed by atoms with Gasteiger partial charge in [0.15, 0.2) is 0 Å². The molecule has 2 heterocycles. The Labute approximate surface area is 196 Å². The van der Waals surface area contributed by atoms with Gasteiger partial charge >= 0.3 is 0 Å². The van der Waals surface area contributed by atoms with E-state index in [-0.39, 0.29) is 33.8 Å². The number of benzene rings is 1. The second kappa shape index (κ2) is 10.8. The van der Waals surface area contributed by atoms with Gasteiger partial charge in [-0.1, -0.05) is 37.0 Å². The fraction of sp³-hybridized carbons (Fsp3) is 0.522. The first kappa shape index (κ1) is 23.3. The van der Waals surface area contributed by atoms with Crippen LogP contribution in [0.3, 0.4) is 0 Å². The molecule has 1 aromatic heterocycles. The number of halogens is 1. The monoisotopic (exact) mass is 473 g/mol. The molecule has 2 fully saturated rings. The van der Waals surface area contributed by atoms with Crippen molar-refractivity contribution >= 4 is 34.7 Å². The molecule has 176 valence electrons. The van der Waals surface area contributed by atoms with Crippen molar-refractivity contribution < 1.29 is 18.8 Å². The molecule has 0 unspecified atom stereocenters. The largest absolute Gasteiger partial charge is 0.353 e. The summed E-state index contributed by atoms with van der Waals surface area (Å²) in [5, 5.41) is 13.7. The highest BCUT2D eigenvalue weighted by Crippen LogP contribution is 2.23. The van der Waals surface area contributed by atoms with Crippen molar-refractivity contribution in [2.75, 3.05) is 18.4 Å². The first-order valence-corrected chi connectivity index (χ1v) is 12.3. The Morgan fingerprint density at radius 2 is 1.64 bits per heavy atom. The number of nitrogens with zero attached hydrogens (tertiary/aromatic N) is 3. The van der Waals surface area contributed by atoms with E-state index < -0.39 is 11.7 Å². The topological polar surface area (TPSA) is 104 Å². The van der Waals surface area contributed by atoms with Crippen molar-refractivity contribution in [3.8, 4) is 0 Å². The number of hydrogen-bond donors (Lipinski definition) is 2. The molecule has 1 saturated carbocycles. The molecule has 1 saturated heterocycles. The van der Waals surface area contributed by atoms with Crippen LogP contribution in [0.4, 0.5) is 10.1 Å².